The van der Waals surface area contributed by atoms with Crippen LogP contribution in [0.4, 0.5) is 5.69 Å². The zero-order valence-electron chi connectivity index (χ0n) is 12.6. The first-order valence-corrected chi connectivity index (χ1v) is 8.06. The Morgan fingerprint density at radius 2 is 1.90 bits per heavy atom. The number of rotatable bonds is 4. The summed E-state index contributed by atoms with van der Waals surface area (Å²) in [6.07, 6.45) is 5.33. The molecule has 2 heterocycles. The summed E-state index contributed by atoms with van der Waals surface area (Å²) in [5.74, 6) is 0. The smallest absolute Gasteiger partial charge is 0.0388 e. The molecule has 2 saturated heterocycles. The second-order valence-electron chi connectivity index (χ2n) is 6.39. The van der Waals surface area contributed by atoms with E-state index < -0.39 is 0 Å². The molecule has 1 aromatic carbocycles. The Morgan fingerprint density at radius 3 is 2.70 bits per heavy atom. The highest BCUT2D eigenvalue weighted by molar-refractivity contribution is 5.52. The molecule has 2 aliphatic heterocycles. The first-order chi connectivity index (χ1) is 9.81. The van der Waals surface area contributed by atoms with Crippen LogP contribution in [0.1, 0.15) is 31.2 Å². The van der Waals surface area contributed by atoms with Gasteiger partial charge in [0.15, 0.2) is 0 Å². The SMILES string of the molecule is CN1CCCC(Nc2ccccc2CN2CCCC2)C1. The van der Waals surface area contributed by atoms with Crippen molar-refractivity contribution >= 4 is 5.69 Å². The van der Waals surface area contributed by atoms with Crippen molar-refractivity contribution in [1.82, 2.24) is 9.80 Å². The average Bonchev–Trinajstić information content (AvgIpc) is 2.94. The number of likely N-dealkylation sites (N-methyl/N-ethyl adjacent to an activating group) is 1. The number of benzene rings is 1. The van der Waals surface area contributed by atoms with E-state index in [1.807, 2.05) is 0 Å². The summed E-state index contributed by atoms with van der Waals surface area (Å²) in [5.41, 5.74) is 2.81. The summed E-state index contributed by atoms with van der Waals surface area (Å²) in [6, 6.07) is 9.47. The minimum Gasteiger partial charge on any atom is -0.381 e. The van der Waals surface area contributed by atoms with Crippen molar-refractivity contribution in [3.05, 3.63) is 29.8 Å². The number of hydrogen-bond donors (Lipinski definition) is 1. The molecule has 20 heavy (non-hydrogen) atoms. The van der Waals surface area contributed by atoms with Crippen LogP contribution in [-0.2, 0) is 6.54 Å². The Balaban J connectivity index is 1.65. The number of nitrogens with zero attached hydrogens (tertiary/aromatic N) is 2. The Kier molecular flexibility index (Phi) is 4.58. The Labute approximate surface area is 123 Å². The lowest BCUT2D eigenvalue weighted by Crippen LogP contribution is -2.40. The van der Waals surface area contributed by atoms with Gasteiger partial charge >= 0.3 is 0 Å². The van der Waals surface area contributed by atoms with E-state index in [1.165, 1.54) is 56.6 Å². The van der Waals surface area contributed by atoms with Crippen molar-refractivity contribution in [3.63, 3.8) is 0 Å². The molecule has 0 spiro atoms. The molecule has 0 aromatic heterocycles. The van der Waals surface area contributed by atoms with E-state index in [0.29, 0.717) is 6.04 Å². The van der Waals surface area contributed by atoms with E-state index in [4.69, 9.17) is 0 Å². The first-order valence-electron chi connectivity index (χ1n) is 8.06. The maximum atomic E-state index is 3.79. The molecular weight excluding hydrogens is 246 g/mol. The largest absolute Gasteiger partial charge is 0.381 e. The fraction of sp³-hybridized carbons (Fsp3) is 0.647. The molecule has 3 nitrogen and oxygen atoms in total. The highest BCUT2D eigenvalue weighted by Gasteiger charge is 2.19. The van der Waals surface area contributed by atoms with E-state index in [-0.39, 0.29) is 0 Å². The predicted octanol–water partition coefficient (Wildman–Crippen LogP) is 2.79. The van der Waals surface area contributed by atoms with Gasteiger partial charge < -0.3 is 10.2 Å². The monoisotopic (exact) mass is 273 g/mol. The Bertz CT molecular complexity index is 426. The van der Waals surface area contributed by atoms with Crippen molar-refractivity contribution in [3.8, 4) is 0 Å². The van der Waals surface area contributed by atoms with Crippen molar-refractivity contribution < 1.29 is 0 Å². The number of piperidine rings is 1. The number of nitrogens with one attached hydrogen (secondary N) is 1. The quantitative estimate of drug-likeness (QED) is 0.910. The molecule has 1 N–H and O–H groups in total. The zero-order valence-corrected chi connectivity index (χ0v) is 12.6. The molecule has 0 saturated carbocycles. The van der Waals surface area contributed by atoms with Crippen molar-refractivity contribution in [1.29, 1.82) is 0 Å². The van der Waals surface area contributed by atoms with Crippen LogP contribution in [-0.4, -0.2) is 49.1 Å². The lowest BCUT2D eigenvalue weighted by atomic mass is 10.0. The number of hydrogen-bond acceptors (Lipinski definition) is 3. The lowest BCUT2D eigenvalue weighted by molar-refractivity contribution is 0.260. The molecule has 110 valence electrons. The maximum absolute atomic E-state index is 3.79. The summed E-state index contributed by atoms with van der Waals surface area (Å²) >= 11 is 0. The molecule has 1 atom stereocenters. The summed E-state index contributed by atoms with van der Waals surface area (Å²) in [4.78, 5) is 5.01. The molecule has 0 aliphatic carbocycles. The number of anilines is 1. The summed E-state index contributed by atoms with van der Waals surface area (Å²) in [6.45, 7) is 6.04. The molecule has 3 rings (SSSR count). The van der Waals surface area contributed by atoms with Crippen LogP contribution in [0.25, 0.3) is 0 Å². The first kappa shape index (κ1) is 13.9. The molecule has 1 aromatic rings. The van der Waals surface area contributed by atoms with Crippen LogP contribution < -0.4 is 5.32 Å². The average molecular weight is 273 g/mol. The van der Waals surface area contributed by atoms with E-state index in [0.717, 1.165) is 13.1 Å². The van der Waals surface area contributed by atoms with Crippen molar-refractivity contribution in [2.75, 3.05) is 38.5 Å². The van der Waals surface area contributed by atoms with Gasteiger partial charge in [0.1, 0.15) is 0 Å². The normalized spacial score (nSPS) is 24.9. The Morgan fingerprint density at radius 1 is 1.10 bits per heavy atom. The second kappa shape index (κ2) is 6.59. The van der Waals surface area contributed by atoms with E-state index in [9.17, 15) is 0 Å². The topological polar surface area (TPSA) is 18.5 Å². The van der Waals surface area contributed by atoms with Crippen molar-refractivity contribution in [2.24, 2.45) is 0 Å². The molecule has 3 heteroatoms. The van der Waals surface area contributed by atoms with Gasteiger partial charge in [-0.15, -0.1) is 0 Å². The number of para-hydroxylation sites is 1. The van der Waals surface area contributed by atoms with Gasteiger partial charge in [0.2, 0.25) is 0 Å². The fourth-order valence-corrected chi connectivity index (χ4v) is 3.48. The maximum Gasteiger partial charge on any atom is 0.0388 e. The standard InChI is InChI=1S/C17H27N3/c1-19-10-6-8-16(14-19)18-17-9-3-2-7-15(17)13-20-11-4-5-12-20/h2-3,7,9,16,18H,4-6,8,10-14H2,1H3. The summed E-state index contributed by atoms with van der Waals surface area (Å²) in [7, 11) is 2.23. The highest BCUT2D eigenvalue weighted by Crippen LogP contribution is 2.22. The van der Waals surface area contributed by atoms with Crippen LogP contribution in [0, 0.1) is 0 Å². The molecule has 1 unspecified atom stereocenters. The minimum atomic E-state index is 0.605. The van der Waals surface area contributed by atoms with Gasteiger partial charge in [-0.05, 0) is 64.0 Å². The molecule has 0 radical (unpaired) electrons. The van der Waals surface area contributed by atoms with Gasteiger partial charge in [-0.1, -0.05) is 18.2 Å². The Hall–Kier alpha value is -1.06. The lowest BCUT2D eigenvalue weighted by Gasteiger charge is -2.31. The van der Waals surface area contributed by atoms with Gasteiger partial charge in [-0.2, -0.15) is 0 Å². The molecule has 2 fully saturated rings. The molecular formula is C17H27N3. The molecule has 2 aliphatic rings. The van der Waals surface area contributed by atoms with Gasteiger partial charge in [-0.25, -0.2) is 0 Å². The molecule has 0 bridgehead atoms. The third-order valence-corrected chi connectivity index (χ3v) is 4.59. The van der Waals surface area contributed by atoms with E-state index in [1.54, 1.807) is 0 Å². The fourth-order valence-electron chi connectivity index (χ4n) is 3.48. The van der Waals surface area contributed by atoms with Crippen LogP contribution in [0.2, 0.25) is 0 Å². The second-order valence-corrected chi connectivity index (χ2v) is 6.39. The van der Waals surface area contributed by atoms with Crippen LogP contribution in [0.3, 0.4) is 0 Å². The predicted molar refractivity (Wildman–Crippen MR) is 85.1 cm³/mol. The van der Waals surface area contributed by atoms with E-state index >= 15 is 0 Å². The van der Waals surface area contributed by atoms with Gasteiger partial charge in [-0.3, -0.25) is 4.90 Å². The van der Waals surface area contributed by atoms with Crippen LogP contribution >= 0.6 is 0 Å². The van der Waals surface area contributed by atoms with Crippen LogP contribution in [0.15, 0.2) is 24.3 Å². The summed E-state index contributed by atoms with van der Waals surface area (Å²) in [5, 5.41) is 3.79. The highest BCUT2D eigenvalue weighted by atomic mass is 15.1. The zero-order chi connectivity index (χ0) is 13.8. The van der Waals surface area contributed by atoms with Crippen LogP contribution in [0.5, 0.6) is 0 Å². The van der Waals surface area contributed by atoms with Gasteiger partial charge in [0, 0.05) is 24.8 Å². The summed E-state index contributed by atoms with van der Waals surface area (Å²) < 4.78 is 0. The van der Waals surface area contributed by atoms with Crippen molar-refractivity contribution in [2.45, 2.75) is 38.3 Å². The third kappa shape index (κ3) is 3.53. The van der Waals surface area contributed by atoms with Gasteiger partial charge in [0.05, 0.1) is 0 Å². The third-order valence-electron chi connectivity index (χ3n) is 4.59. The van der Waals surface area contributed by atoms with E-state index in [2.05, 4.69) is 46.4 Å². The van der Waals surface area contributed by atoms with Gasteiger partial charge in [0.25, 0.3) is 0 Å². The minimum absolute atomic E-state index is 0.605. The molecule has 0 amide bonds. The number of likely N-dealkylation sites (tertiary alicyclic amines) is 2.